The van der Waals surface area contributed by atoms with Gasteiger partial charge in [-0.1, -0.05) is 276 Å². The summed E-state index contributed by atoms with van der Waals surface area (Å²) in [4.78, 5) is 38.2. The van der Waals surface area contributed by atoms with E-state index in [2.05, 4.69) is 45.1 Å². The van der Waals surface area contributed by atoms with Crippen LogP contribution in [0.5, 0.6) is 0 Å². The highest BCUT2D eigenvalue weighted by Gasteiger charge is 2.19. The molecule has 0 aliphatic rings. The average molecular weight is 972 g/mol. The fourth-order valence-electron chi connectivity index (χ4n) is 9.26. The molecule has 0 N–H and O–H groups in total. The number of esters is 3. The molecule has 69 heavy (non-hydrogen) atoms. The third kappa shape index (κ3) is 56.7. The average Bonchev–Trinajstić information content (AvgIpc) is 3.35. The minimum atomic E-state index is -0.772. The fraction of sp³-hybridized carbons (Fsp3) is 0.889. The number of hydrogen-bond acceptors (Lipinski definition) is 6. The quantitative estimate of drug-likeness (QED) is 0.0261. The molecule has 6 heteroatoms. The highest BCUT2D eigenvalue weighted by atomic mass is 16.6. The molecule has 0 spiro atoms. The predicted molar refractivity (Wildman–Crippen MR) is 298 cm³/mol. The molecule has 0 aromatic heterocycles. The molecule has 0 aromatic rings. The zero-order chi connectivity index (χ0) is 50.0. The Morgan fingerprint density at radius 2 is 0.478 bits per heavy atom. The summed E-state index contributed by atoms with van der Waals surface area (Å²) in [6, 6.07) is 0. The summed E-state index contributed by atoms with van der Waals surface area (Å²) in [5.74, 6) is -0.856. The van der Waals surface area contributed by atoms with Crippen LogP contribution in [0.25, 0.3) is 0 Å². The maximum atomic E-state index is 12.8. The Hall–Kier alpha value is -2.11. The summed E-state index contributed by atoms with van der Waals surface area (Å²) >= 11 is 0. The molecule has 6 nitrogen and oxygen atoms in total. The van der Waals surface area contributed by atoms with Gasteiger partial charge in [0.05, 0.1) is 0 Å². The van der Waals surface area contributed by atoms with Crippen molar-refractivity contribution in [1.29, 1.82) is 0 Å². The van der Waals surface area contributed by atoms with E-state index in [-0.39, 0.29) is 31.1 Å². The van der Waals surface area contributed by atoms with Crippen LogP contribution in [0.3, 0.4) is 0 Å². The lowest BCUT2D eigenvalue weighted by Crippen LogP contribution is -2.30. The van der Waals surface area contributed by atoms with E-state index < -0.39 is 6.10 Å². The van der Waals surface area contributed by atoms with Gasteiger partial charge in [-0.05, 0) is 70.6 Å². The van der Waals surface area contributed by atoms with E-state index in [4.69, 9.17) is 14.2 Å². The van der Waals surface area contributed by atoms with Gasteiger partial charge in [0, 0.05) is 19.3 Å². The number of allylic oxidation sites excluding steroid dienone is 4. The van der Waals surface area contributed by atoms with Gasteiger partial charge in [0.15, 0.2) is 6.10 Å². The van der Waals surface area contributed by atoms with Gasteiger partial charge in [-0.15, -0.1) is 0 Å². The Morgan fingerprint density at radius 1 is 0.275 bits per heavy atom. The third-order valence-corrected chi connectivity index (χ3v) is 13.9. The topological polar surface area (TPSA) is 78.9 Å². The molecule has 0 aliphatic carbocycles. The van der Waals surface area contributed by atoms with E-state index in [1.54, 1.807) is 0 Å². The van der Waals surface area contributed by atoms with Crippen molar-refractivity contribution >= 4 is 17.9 Å². The van der Waals surface area contributed by atoms with E-state index in [0.29, 0.717) is 19.3 Å². The molecule has 0 rings (SSSR count). The van der Waals surface area contributed by atoms with Crippen LogP contribution in [0.1, 0.15) is 342 Å². The lowest BCUT2D eigenvalue weighted by molar-refractivity contribution is -0.167. The number of rotatable bonds is 57. The highest BCUT2D eigenvalue weighted by Crippen LogP contribution is 2.17. The van der Waals surface area contributed by atoms with Crippen LogP contribution in [-0.4, -0.2) is 37.2 Å². The van der Waals surface area contributed by atoms with Crippen molar-refractivity contribution in [3.05, 3.63) is 24.3 Å². The molecule has 0 aromatic carbocycles. The lowest BCUT2D eigenvalue weighted by Gasteiger charge is -2.18. The Morgan fingerprint density at radius 3 is 0.739 bits per heavy atom. The van der Waals surface area contributed by atoms with E-state index in [9.17, 15) is 14.4 Å². The van der Waals surface area contributed by atoms with E-state index in [0.717, 1.165) is 64.2 Å². The molecule has 0 heterocycles. The first-order valence-electron chi connectivity index (χ1n) is 30.8. The van der Waals surface area contributed by atoms with Crippen molar-refractivity contribution in [2.45, 2.75) is 348 Å². The first-order valence-corrected chi connectivity index (χ1v) is 30.8. The minimum Gasteiger partial charge on any atom is -0.462 e. The number of hydrogen-bond donors (Lipinski definition) is 0. The van der Waals surface area contributed by atoms with Crippen LogP contribution in [0, 0.1) is 0 Å². The standard InChI is InChI=1S/C63H118O6/c1-4-7-10-13-16-19-22-25-27-29-30-31-32-34-36-39-41-44-47-50-53-56-62(65)68-59-60(69-63(66)57-54-51-48-45-42-37-24-21-18-15-12-9-6-3)58-67-61(64)55-52-49-46-43-40-38-35-33-28-26-23-20-17-14-11-8-5-2/h21,24-25,27,60H,4-20,22-23,26,28-59H2,1-3H3/b24-21-,27-25-/t60-/m0/s1. The zero-order valence-corrected chi connectivity index (χ0v) is 46.6. The first kappa shape index (κ1) is 66.9. The Labute approximate surface area is 430 Å². The lowest BCUT2D eigenvalue weighted by atomic mass is 10.0. The molecule has 0 saturated heterocycles. The van der Waals surface area contributed by atoms with Gasteiger partial charge in [-0.3, -0.25) is 14.4 Å². The van der Waals surface area contributed by atoms with Gasteiger partial charge in [0.2, 0.25) is 0 Å². The molecule has 1 atom stereocenters. The summed E-state index contributed by atoms with van der Waals surface area (Å²) in [6.45, 7) is 6.67. The van der Waals surface area contributed by atoms with Crippen molar-refractivity contribution in [3.63, 3.8) is 0 Å². The largest absolute Gasteiger partial charge is 0.462 e. The van der Waals surface area contributed by atoms with E-state index >= 15 is 0 Å². The van der Waals surface area contributed by atoms with Crippen LogP contribution in [0.15, 0.2) is 24.3 Å². The van der Waals surface area contributed by atoms with Crippen molar-refractivity contribution in [1.82, 2.24) is 0 Å². The van der Waals surface area contributed by atoms with Crippen LogP contribution < -0.4 is 0 Å². The third-order valence-electron chi connectivity index (χ3n) is 13.9. The SMILES string of the molecule is CCCCCC/C=C\CCCCCCCC(=O)O[C@H](COC(=O)CCCCCCCCCCCCC/C=C\CCCCCCCC)COC(=O)CCCCCCCCCCCCCCCCCCC. The summed E-state index contributed by atoms with van der Waals surface area (Å²) in [5, 5.41) is 0. The number of ether oxygens (including phenoxy) is 3. The van der Waals surface area contributed by atoms with Crippen molar-refractivity contribution in [2.75, 3.05) is 13.2 Å². The molecule has 0 saturated carbocycles. The summed E-state index contributed by atoms with van der Waals surface area (Å²) in [5.41, 5.74) is 0. The van der Waals surface area contributed by atoms with Crippen LogP contribution in [0.2, 0.25) is 0 Å². The van der Waals surface area contributed by atoms with Crippen LogP contribution in [-0.2, 0) is 28.6 Å². The smallest absolute Gasteiger partial charge is 0.306 e. The van der Waals surface area contributed by atoms with Gasteiger partial charge in [-0.2, -0.15) is 0 Å². The second-order valence-corrected chi connectivity index (χ2v) is 21.0. The zero-order valence-electron chi connectivity index (χ0n) is 46.6. The minimum absolute atomic E-state index is 0.0698. The number of carbonyl (C=O) groups excluding carboxylic acids is 3. The fourth-order valence-corrected chi connectivity index (χ4v) is 9.26. The summed E-state index contributed by atoms with van der Waals surface area (Å²) in [6.07, 6.45) is 68.9. The van der Waals surface area contributed by atoms with Crippen molar-refractivity contribution in [2.24, 2.45) is 0 Å². The molecule has 0 bridgehead atoms. The Bertz CT molecular complexity index is 1110. The first-order chi connectivity index (χ1) is 34.0. The summed E-state index contributed by atoms with van der Waals surface area (Å²) in [7, 11) is 0. The van der Waals surface area contributed by atoms with Crippen molar-refractivity contribution in [3.8, 4) is 0 Å². The van der Waals surface area contributed by atoms with Crippen molar-refractivity contribution < 1.29 is 28.6 Å². The normalized spacial score (nSPS) is 12.1. The van der Waals surface area contributed by atoms with Gasteiger partial charge < -0.3 is 14.2 Å². The molecule has 0 fully saturated rings. The van der Waals surface area contributed by atoms with E-state index in [1.807, 2.05) is 0 Å². The van der Waals surface area contributed by atoms with Gasteiger partial charge >= 0.3 is 17.9 Å². The maximum Gasteiger partial charge on any atom is 0.306 e. The second-order valence-electron chi connectivity index (χ2n) is 21.0. The van der Waals surface area contributed by atoms with Crippen LogP contribution >= 0.6 is 0 Å². The number of unbranched alkanes of at least 4 members (excludes halogenated alkanes) is 42. The highest BCUT2D eigenvalue weighted by molar-refractivity contribution is 5.71. The molecule has 0 radical (unpaired) electrons. The van der Waals surface area contributed by atoms with Gasteiger partial charge in [0.1, 0.15) is 13.2 Å². The number of carbonyl (C=O) groups is 3. The second kappa shape index (κ2) is 58.5. The predicted octanol–water partition coefficient (Wildman–Crippen LogP) is 20.7. The van der Waals surface area contributed by atoms with Gasteiger partial charge in [0.25, 0.3) is 0 Å². The Balaban J connectivity index is 4.27. The monoisotopic (exact) mass is 971 g/mol. The molecule has 0 unspecified atom stereocenters. The molecular weight excluding hydrogens is 853 g/mol. The molecular formula is C63H118O6. The van der Waals surface area contributed by atoms with Crippen LogP contribution in [0.4, 0.5) is 0 Å². The summed E-state index contributed by atoms with van der Waals surface area (Å²) < 4.78 is 16.9. The maximum absolute atomic E-state index is 12.8. The Kier molecular flexibility index (Phi) is 56.7. The molecule has 406 valence electrons. The molecule has 0 aliphatic heterocycles. The van der Waals surface area contributed by atoms with E-state index in [1.165, 1.54) is 238 Å². The van der Waals surface area contributed by atoms with Gasteiger partial charge in [-0.25, -0.2) is 0 Å². The molecule has 0 amide bonds.